The van der Waals surface area contributed by atoms with Crippen LogP contribution < -0.4 is 5.32 Å². The molecule has 0 spiro atoms. The van der Waals surface area contributed by atoms with E-state index in [0.717, 1.165) is 36.2 Å². The number of nitrogens with one attached hydrogen (secondary N) is 1. The first-order valence-corrected chi connectivity index (χ1v) is 10.4. The Hall–Kier alpha value is -3.00. The summed E-state index contributed by atoms with van der Waals surface area (Å²) < 4.78 is 3.62. The molecule has 9 heteroatoms. The van der Waals surface area contributed by atoms with Gasteiger partial charge in [-0.3, -0.25) is 9.48 Å². The number of aryl methyl sites for hydroxylation is 1. The van der Waals surface area contributed by atoms with Crippen molar-refractivity contribution in [3.63, 3.8) is 0 Å². The molecule has 0 unspecified atom stereocenters. The lowest BCUT2D eigenvalue weighted by molar-refractivity contribution is -0.111. The van der Waals surface area contributed by atoms with Crippen molar-refractivity contribution in [1.29, 1.82) is 0 Å². The molecule has 2 heterocycles. The highest BCUT2D eigenvalue weighted by atomic mass is 35.5. The van der Waals surface area contributed by atoms with Crippen LogP contribution in [0.15, 0.2) is 30.3 Å². The van der Waals surface area contributed by atoms with E-state index >= 15 is 0 Å². The van der Waals surface area contributed by atoms with E-state index in [1.54, 1.807) is 10.8 Å². The number of rotatable bonds is 7. The summed E-state index contributed by atoms with van der Waals surface area (Å²) in [5.41, 5.74) is 3.08. The Balaban J connectivity index is 1.47. The maximum atomic E-state index is 12.5. The van der Waals surface area contributed by atoms with Gasteiger partial charge in [0.25, 0.3) is 0 Å². The summed E-state index contributed by atoms with van der Waals surface area (Å²) in [6, 6.07) is 7.88. The van der Waals surface area contributed by atoms with Crippen molar-refractivity contribution in [3.05, 3.63) is 46.8 Å². The Morgan fingerprint density at radius 3 is 2.90 bits per heavy atom. The van der Waals surface area contributed by atoms with Crippen LogP contribution in [0.4, 0.5) is 5.69 Å². The lowest BCUT2D eigenvalue weighted by Gasteiger charge is -2.06. The molecule has 4 rings (SSSR count). The fourth-order valence-electron chi connectivity index (χ4n) is 3.25. The smallest absolute Gasteiger partial charge is 0.248 e. The highest BCUT2D eigenvalue weighted by Crippen LogP contribution is 2.36. The molecule has 0 atom stereocenters. The number of carbonyl (C=O) groups is 1. The van der Waals surface area contributed by atoms with Gasteiger partial charge in [0, 0.05) is 29.4 Å². The van der Waals surface area contributed by atoms with Crippen LogP contribution in [-0.4, -0.2) is 35.9 Å². The molecule has 2 aromatic heterocycles. The lowest BCUT2D eigenvalue weighted by atomic mass is 10.2. The van der Waals surface area contributed by atoms with Crippen LogP contribution in [0.25, 0.3) is 17.5 Å². The van der Waals surface area contributed by atoms with E-state index in [9.17, 15) is 4.79 Å². The van der Waals surface area contributed by atoms with Gasteiger partial charge in [0.1, 0.15) is 5.15 Å². The summed E-state index contributed by atoms with van der Waals surface area (Å²) in [6.45, 7) is 6.82. The van der Waals surface area contributed by atoms with Gasteiger partial charge in [-0.1, -0.05) is 37.6 Å². The van der Waals surface area contributed by atoms with Crippen LogP contribution in [0.1, 0.15) is 44.0 Å². The number of halogens is 1. The third kappa shape index (κ3) is 4.43. The molecule has 1 aromatic carbocycles. The summed E-state index contributed by atoms with van der Waals surface area (Å²) in [5, 5.41) is 19.9. The molecule has 1 aliphatic carbocycles. The number of tetrazole rings is 1. The predicted molar refractivity (Wildman–Crippen MR) is 116 cm³/mol. The average molecular weight is 426 g/mol. The quantitative estimate of drug-likeness (QED) is 0.574. The molecule has 1 N–H and O–H groups in total. The zero-order valence-electron chi connectivity index (χ0n) is 17.2. The van der Waals surface area contributed by atoms with Crippen molar-refractivity contribution >= 4 is 29.3 Å². The molecule has 0 aliphatic heterocycles. The minimum atomic E-state index is -0.249. The van der Waals surface area contributed by atoms with Crippen LogP contribution in [0, 0.1) is 12.8 Å². The number of nitrogens with zero attached hydrogens (tertiary/aromatic N) is 6. The van der Waals surface area contributed by atoms with Crippen molar-refractivity contribution < 1.29 is 4.79 Å². The Kier molecular flexibility index (Phi) is 5.67. The van der Waals surface area contributed by atoms with E-state index in [1.165, 1.54) is 6.08 Å². The van der Waals surface area contributed by atoms with E-state index < -0.39 is 0 Å². The number of amides is 1. The Morgan fingerprint density at radius 2 is 2.17 bits per heavy atom. The van der Waals surface area contributed by atoms with Crippen molar-refractivity contribution in [2.24, 2.45) is 5.92 Å². The van der Waals surface area contributed by atoms with E-state index in [2.05, 4.69) is 39.8 Å². The number of hydrogen-bond acceptors (Lipinski definition) is 5. The fraction of sp³-hybridized carbons (Fsp3) is 0.381. The van der Waals surface area contributed by atoms with Crippen molar-refractivity contribution in [2.45, 2.75) is 46.2 Å². The molecule has 1 amide bonds. The summed E-state index contributed by atoms with van der Waals surface area (Å²) in [4.78, 5) is 12.5. The maximum absolute atomic E-state index is 12.5. The fourth-order valence-corrected chi connectivity index (χ4v) is 3.56. The van der Waals surface area contributed by atoms with Gasteiger partial charge in [0.05, 0.1) is 11.7 Å². The van der Waals surface area contributed by atoms with E-state index in [1.807, 2.05) is 35.9 Å². The number of hydrogen-bond donors (Lipinski definition) is 1. The average Bonchev–Trinajstić information content (AvgIpc) is 3.36. The normalized spacial score (nSPS) is 14.0. The molecule has 1 aliphatic rings. The molecule has 156 valence electrons. The van der Waals surface area contributed by atoms with Gasteiger partial charge < -0.3 is 5.32 Å². The number of carbonyl (C=O) groups excluding carboxylic acids is 1. The summed E-state index contributed by atoms with van der Waals surface area (Å²) in [6.07, 6.45) is 5.36. The van der Waals surface area contributed by atoms with Crippen molar-refractivity contribution in [1.82, 2.24) is 30.0 Å². The summed E-state index contributed by atoms with van der Waals surface area (Å²) in [7, 11) is 0. The zero-order chi connectivity index (χ0) is 21.3. The number of benzene rings is 1. The Morgan fingerprint density at radius 1 is 1.37 bits per heavy atom. The molecule has 1 fully saturated rings. The highest BCUT2D eigenvalue weighted by molar-refractivity contribution is 6.31. The second kappa shape index (κ2) is 8.39. The topological polar surface area (TPSA) is 90.5 Å². The molecular formula is C21H24ClN7O. The van der Waals surface area contributed by atoms with Crippen molar-refractivity contribution in [2.75, 3.05) is 5.32 Å². The van der Waals surface area contributed by atoms with E-state index in [0.29, 0.717) is 28.6 Å². The number of aromatic nitrogens is 6. The SMILES string of the molecule is Cc1nn(CC(C)C)c(Cl)c1/C=C/C(=O)Nc1cccc(-c2nnnn2C2CC2)c1. The second-order valence-electron chi connectivity index (χ2n) is 7.95. The van der Waals surface area contributed by atoms with Gasteiger partial charge in [-0.25, -0.2) is 4.68 Å². The first kappa shape index (κ1) is 20.3. The summed E-state index contributed by atoms with van der Waals surface area (Å²) in [5.74, 6) is 0.889. The second-order valence-corrected chi connectivity index (χ2v) is 8.31. The van der Waals surface area contributed by atoms with Crippen LogP contribution in [0.5, 0.6) is 0 Å². The Bertz CT molecular complexity index is 1090. The molecule has 0 bridgehead atoms. The number of anilines is 1. The van der Waals surface area contributed by atoms with E-state index in [4.69, 9.17) is 11.6 Å². The van der Waals surface area contributed by atoms with Gasteiger partial charge in [-0.2, -0.15) is 5.10 Å². The standard InChI is InChI=1S/C21H24ClN7O/c1-13(2)12-28-20(22)18(14(3)25-28)9-10-19(30)23-16-6-4-5-15(11-16)21-24-26-27-29(21)17-7-8-17/h4-6,9-11,13,17H,7-8,12H2,1-3H3,(H,23,30)/b10-9+. The molecular weight excluding hydrogens is 402 g/mol. The minimum absolute atomic E-state index is 0.249. The molecule has 30 heavy (non-hydrogen) atoms. The molecule has 0 saturated heterocycles. The first-order valence-electron chi connectivity index (χ1n) is 10.0. The van der Waals surface area contributed by atoms with E-state index in [-0.39, 0.29) is 5.91 Å². The first-order chi connectivity index (χ1) is 14.4. The van der Waals surface area contributed by atoms with Gasteiger partial charge in [-0.15, -0.1) is 5.10 Å². The van der Waals surface area contributed by atoms with Crippen LogP contribution in [0.2, 0.25) is 5.15 Å². The molecule has 8 nitrogen and oxygen atoms in total. The molecule has 1 saturated carbocycles. The predicted octanol–water partition coefficient (Wildman–Crippen LogP) is 4.14. The van der Waals surface area contributed by atoms with Crippen LogP contribution in [0.3, 0.4) is 0 Å². The highest BCUT2D eigenvalue weighted by Gasteiger charge is 2.28. The van der Waals surface area contributed by atoms with Crippen LogP contribution >= 0.6 is 11.6 Å². The Labute approximate surface area is 179 Å². The minimum Gasteiger partial charge on any atom is -0.322 e. The zero-order valence-corrected chi connectivity index (χ0v) is 18.0. The molecule has 0 radical (unpaired) electrons. The maximum Gasteiger partial charge on any atom is 0.248 e. The van der Waals surface area contributed by atoms with Gasteiger partial charge in [-0.05, 0) is 54.3 Å². The largest absolute Gasteiger partial charge is 0.322 e. The third-order valence-corrected chi connectivity index (χ3v) is 5.22. The van der Waals surface area contributed by atoms with Gasteiger partial charge in [0.15, 0.2) is 5.82 Å². The summed E-state index contributed by atoms with van der Waals surface area (Å²) >= 11 is 6.44. The van der Waals surface area contributed by atoms with Crippen molar-refractivity contribution in [3.8, 4) is 11.4 Å². The van der Waals surface area contributed by atoms with Crippen LogP contribution in [-0.2, 0) is 11.3 Å². The van der Waals surface area contributed by atoms with Gasteiger partial charge in [0.2, 0.25) is 5.91 Å². The third-order valence-electron chi connectivity index (χ3n) is 4.82. The monoisotopic (exact) mass is 425 g/mol. The molecule has 3 aromatic rings. The lowest BCUT2D eigenvalue weighted by Crippen LogP contribution is -2.08. The van der Waals surface area contributed by atoms with Gasteiger partial charge >= 0.3 is 0 Å².